The molecule has 1 aliphatic carbocycles. The number of rotatable bonds is 7. The lowest BCUT2D eigenvalue weighted by atomic mass is 9.95. The maximum Gasteiger partial charge on any atom is 0.252 e. The number of aliphatic hydroxyl groups is 1. The van der Waals surface area contributed by atoms with Crippen molar-refractivity contribution in [1.29, 1.82) is 0 Å². The molecule has 1 aromatic heterocycles. The number of carbonyl (C=O) groups excluding carboxylic acids is 1. The van der Waals surface area contributed by atoms with Gasteiger partial charge in [0.15, 0.2) is 0 Å². The highest BCUT2D eigenvalue weighted by molar-refractivity contribution is 6.06. The summed E-state index contributed by atoms with van der Waals surface area (Å²) in [4.78, 5) is 16.3. The number of dihydropyridines is 1. The Morgan fingerprint density at radius 2 is 1.93 bits per heavy atom. The number of hydrogen-bond acceptors (Lipinski definition) is 6. The van der Waals surface area contributed by atoms with Gasteiger partial charge in [-0.15, -0.1) is 0 Å². The Balaban J connectivity index is 1.25. The first-order chi connectivity index (χ1) is 19.5. The summed E-state index contributed by atoms with van der Waals surface area (Å²) in [6.07, 6.45) is 14.7. The Morgan fingerprint density at radius 3 is 2.65 bits per heavy atom. The number of hydrogen-bond donors (Lipinski definition) is 4. The lowest BCUT2D eigenvalue weighted by Crippen LogP contribution is -2.44. The van der Waals surface area contributed by atoms with Gasteiger partial charge in [-0.3, -0.25) is 14.4 Å². The molecule has 3 aliphatic heterocycles. The molecule has 2 aromatic rings. The summed E-state index contributed by atoms with van der Waals surface area (Å²) in [6.45, 7) is 8.59. The number of nitrogens with zero attached hydrogens (tertiary/aromatic N) is 3. The molecule has 1 saturated heterocycles. The van der Waals surface area contributed by atoms with Crippen LogP contribution in [0.15, 0.2) is 52.9 Å². The molecule has 4 heterocycles. The predicted molar refractivity (Wildman–Crippen MR) is 159 cm³/mol. The van der Waals surface area contributed by atoms with E-state index in [-0.39, 0.29) is 5.91 Å². The molecule has 2 fully saturated rings. The zero-order valence-electron chi connectivity index (χ0n) is 24.0. The number of benzene rings is 1. The molecule has 4 aliphatic rings. The van der Waals surface area contributed by atoms with Crippen LogP contribution in [-0.2, 0) is 6.42 Å². The van der Waals surface area contributed by atoms with Crippen molar-refractivity contribution in [1.82, 2.24) is 30.6 Å². The third kappa shape index (κ3) is 5.76. The van der Waals surface area contributed by atoms with Crippen LogP contribution in [0.5, 0.6) is 0 Å². The minimum Gasteiger partial charge on any atom is -0.370 e. The fourth-order valence-electron chi connectivity index (χ4n) is 7.07. The maximum atomic E-state index is 13.7. The standard InChI is InChI=1S/C32H44N6O2/c1-21-15-22(2)36-32(40)28(21)19-34-31(39)27-17-24(18-30-29(27)20-35-38(30)26-5-3-4-6-26)16-23-9-13-37(14-10-23)25-7-11-33-12-8-25/h9,15,17-18,20,25-26,32-33,36,40H,3-8,10-14,16,19H2,1-2H3,(H,34,39). The molecule has 1 atom stereocenters. The molecule has 214 valence electrons. The Labute approximate surface area is 237 Å². The summed E-state index contributed by atoms with van der Waals surface area (Å²) < 4.78 is 2.17. The fourth-order valence-corrected chi connectivity index (χ4v) is 7.07. The number of amides is 1. The molecule has 40 heavy (non-hydrogen) atoms. The smallest absolute Gasteiger partial charge is 0.252 e. The number of nitrogens with one attached hydrogen (secondary N) is 3. The van der Waals surface area contributed by atoms with Crippen LogP contribution in [0.3, 0.4) is 0 Å². The summed E-state index contributed by atoms with van der Waals surface area (Å²) in [6, 6.07) is 5.44. The lowest BCUT2D eigenvalue weighted by Gasteiger charge is -2.36. The van der Waals surface area contributed by atoms with Crippen molar-refractivity contribution in [3.8, 4) is 0 Å². The second kappa shape index (κ2) is 11.9. The van der Waals surface area contributed by atoms with Gasteiger partial charge in [-0.05, 0) is 94.8 Å². The predicted octanol–water partition coefficient (Wildman–Crippen LogP) is 3.95. The summed E-state index contributed by atoms with van der Waals surface area (Å²) in [5, 5.41) is 25.9. The van der Waals surface area contributed by atoms with E-state index in [9.17, 15) is 9.90 Å². The molecule has 0 bridgehead atoms. The van der Waals surface area contributed by atoms with E-state index in [1.54, 1.807) is 0 Å². The first kappa shape index (κ1) is 27.2. The molecule has 8 nitrogen and oxygen atoms in total. The van der Waals surface area contributed by atoms with E-state index in [0.717, 1.165) is 79.6 Å². The molecule has 4 N–H and O–H groups in total. The van der Waals surface area contributed by atoms with Gasteiger partial charge in [0.1, 0.15) is 6.23 Å². The van der Waals surface area contributed by atoms with E-state index in [1.165, 1.54) is 36.8 Å². The summed E-state index contributed by atoms with van der Waals surface area (Å²) in [5.41, 5.74) is 7.07. The van der Waals surface area contributed by atoms with Crippen LogP contribution in [-0.4, -0.2) is 70.7 Å². The fraction of sp³-hybridized carbons (Fsp3) is 0.562. The van der Waals surface area contributed by atoms with E-state index in [0.29, 0.717) is 24.2 Å². The van der Waals surface area contributed by atoms with Crippen LogP contribution >= 0.6 is 0 Å². The average molecular weight is 545 g/mol. The highest BCUT2D eigenvalue weighted by Crippen LogP contribution is 2.34. The van der Waals surface area contributed by atoms with Gasteiger partial charge < -0.3 is 21.1 Å². The zero-order valence-corrected chi connectivity index (χ0v) is 24.0. The van der Waals surface area contributed by atoms with Crippen LogP contribution in [0.25, 0.3) is 10.9 Å². The number of aromatic nitrogens is 2. The largest absolute Gasteiger partial charge is 0.370 e. The third-order valence-electron chi connectivity index (χ3n) is 9.36. The second-order valence-corrected chi connectivity index (χ2v) is 12.1. The number of aliphatic hydroxyl groups excluding tert-OH is 1. The number of carbonyl (C=O) groups is 1. The van der Waals surface area contributed by atoms with Gasteiger partial charge in [0.25, 0.3) is 5.91 Å². The minimum atomic E-state index is -0.788. The molecule has 6 rings (SSSR count). The first-order valence-electron chi connectivity index (χ1n) is 15.2. The normalized spacial score (nSPS) is 23.3. The van der Waals surface area contributed by atoms with Crippen molar-refractivity contribution in [2.45, 2.75) is 83.5 Å². The van der Waals surface area contributed by atoms with Crippen LogP contribution < -0.4 is 16.0 Å². The first-order valence-corrected chi connectivity index (χ1v) is 15.2. The summed E-state index contributed by atoms with van der Waals surface area (Å²) >= 11 is 0. The highest BCUT2D eigenvalue weighted by atomic mass is 16.3. The maximum absolute atomic E-state index is 13.7. The van der Waals surface area contributed by atoms with Crippen LogP contribution in [0, 0.1) is 0 Å². The Bertz CT molecular complexity index is 1340. The Hall–Kier alpha value is -2.94. The van der Waals surface area contributed by atoms with Gasteiger partial charge in [0.05, 0.1) is 23.3 Å². The molecular weight excluding hydrogens is 500 g/mol. The molecular formula is C32H44N6O2. The number of fused-ring (bicyclic) bond motifs is 1. The molecule has 0 spiro atoms. The van der Waals surface area contributed by atoms with Crippen molar-refractivity contribution < 1.29 is 9.90 Å². The van der Waals surface area contributed by atoms with Crippen molar-refractivity contribution in [3.05, 3.63) is 64.0 Å². The molecule has 0 radical (unpaired) electrons. The Morgan fingerprint density at radius 1 is 1.12 bits per heavy atom. The van der Waals surface area contributed by atoms with Crippen molar-refractivity contribution in [2.24, 2.45) is 0 Å². The molecule has 8 heteroatoms. The highest BCUT2D eigenvalue weighted by Gasteiger charge is 2.25. The van der Waals surface area contributed by atoms with Gasteiger partial charge >= 0.3 is 0 Å². The molecule has 1 saturated carbocycles. The van der Waals surface area contributed by atoms with Gasteiger partial charge in [-0.25, -0.2) is 0 Å². The van der Waals surface area contributed by atoms with Crippen LogP contribution in [0.1, 0.15) is 80.8 Å². The SMILES string of the molecule is CC1=CC(C)=C(CNC(=O)c2cc(CC3=CCN(C4CCNCC4)CC3)cc3c2cnn3C2CCCC2)C(O)N1. The third-order valence-corrected chi connectivity index (χ3v) is 9.36. The molecule has 1 amide bonds. The van der Waals surface area contributed by atoms with Gasteiger partial charge in [-0.1, -0.05) is 24.5 Å². The summed E-state index contributed by atoms with van der Waals surface area (Å²) in [5.74, 6) is -0.119. The number of piperidine rings is 1. The number of allylic oxidation sites excluding steroid dienone is 3. The van der Waals surface area contributed by atoms with E-state index in [4.69, 9.17) is 5.10 Å². The lowest BCUT2D eigenvalue weighted by molar-refractivity contribution is 0.0954. The van der Waals surface area contributed by atoms with Crippen molar-refractivity contribution in [2.75, 3.05) is 32.7 Å². The molecule has 1 aromatic carbocycles. The van der Waals surface area contributed by atoms with E-state index >= 15 is 0 Å². The van der Waals surface area contributed by atoms with E-state index in [2.05, 4.69) is 43.7 Å². The van der Waals surface area contributed by atoms with Gasteiger partial charge in [0, 0.05) is 42.3 Å². The van der Waals surface area contributed by atoms with Gasteiger partial charge in [-0.2, -0.15) is 5.10 Å². The average Bonchev–Trinajstić information content (AvgIpc) is 3.63. The second-order valence-electron chi connectivity index (χ2n) is 12.1. The Kier molecular flexibility index (Phi) is 8.10. The van der Waals surface area contributed by atoms with Crippen LogP contribution in [0.4, 0.5) is 0 Å². The quantitative estimate of drug-likeness (QED) is 0.395. The zero-order chi connectivity index (χ0) is 27.6. The van der Waals surface area contributed by atoms with E-state index < -0.39 is 6.23 Å². The monoisotopic (exact) mass is 544 g/mol. The van der Waals surface area contributed by atoms with Gasteiger partial charge in [0.2, 0.25) is 0 Å². The minimum absolute atomic E-state index is 0.119. The summed E-state index contributed by atoms with van der Waals surface area (Å²) in [7, 11) is 0. The van der Waals surface area contributed by atoms with E-state index in [1.807, 2.05) is 26.1 Å². The molecule has 1 unspecified atom stereocenters. The topological polar surface area (TPSA) is 94.5 Å². The van der Waals surface area contributed by atoms with Crippen molar-refractivity contribution >= 4 is 16.8 Å². The van der Waals surface area contributed by atoms with Crippen molar-refractivity contribution in [3.63, 3.8) is 0 Å². The van der Waals surface area contributed by atoms with Crippen LogP contribution in [0.2, 0.25) is 0 Å².